The van der Waals surface area contributed by atoms with Gasteiger partial charge in [-0.15, -0.1) is 0 Å². The van der Waals surface area contributed by atoms with Crippen LogP contribution in [0.15, 0.2) is 66.7 Å². The zero-order valence-electron chi connectivity index (χ0n) is 21.4. The van der Waals surface area contributed by atoms with E-state index in [9.17, 15) is 9.59 Å². The van der Waals surface area contributed by atoms with Gasteiger partial charge in [0.2, 0.25) is 11.8 Å². The van der Waals surface area contributed by atoms with Crippen molar-refractivity contribution in [3.05, 3.63) is 105 Å². The molecule has 6 heteroatoms. The van der Waals surface area contributed by atoms with Gasteiger partial charge in [0, 0.05) is 29.1 Å². The first-order valence-electron chi connectivity index (χ1n) is 12.3. The Morgan fingerprint density at radius 2 is 1.58 bits per heavy atom. The molecule has 0 aliphatic rings. The predicted octanol–water partition coefficient (Wildman–Crippen LogP) is 6.71. The van der Waals surface area contributed by atoms with Gasteiger partial charge in [0.05, 0.1) is 6.42 Å². The average Bonchev–Trinajstić information content (AvgIpc) is 2.82. The summed E-state index contributed by atoms with van der Waals surface area (Å²) in [6.45, 7) is 8.22. The van der Waals surface area contributed by atoms with E-state index in [1.807, 2.05) is 76.2 Å². The molecule has 2 atom stereocenters. The second kappa shape index (κ2) is 12.9. The summed E-state index contributed by atoms with van der Waals surface area (Å²) >= 11 is 12.6. The summed E-state index contributed by atoms with van der Waals surface area (Å²) in [6.07, 6.45) is 1.38. The number of hydrogen-bond donors (Lipinski definition) is 1. The molecule has 0 aliphatic carbocycles. The van der Waals surface area contributed by atoms with Crippen molar-refractivity contribution in [2.24, 2.45) is 0 Å². The number of aryl methyl sites for hydroxylation is 2. The zero-order valence-corrected chi connectivity index (χ0v) is 22.9. The van der Waals surface area contributed by atoms with Crippen LogP contribution in [0.5, 0.6) is 0 Å². The highest BCUT2D eigenvalue weighted by Crippen LogP contribution is 2.25. The molecular weight excluding hydrogens is 491 g/mol. The maximum atomic E-state index is 13.9. The number of carbonyl (C=O) groups excluding carboxylic acids is 2. The molecule has 0 spiro atoms. The van der Waals surface area contributed by atoms with E-state index in [0.29, 0.717) is 16.5 Å². The molecule has 0 saturated heterocycles. The molecule has 3 aromatic carbocycles. The quantitative estimate of drug-likeness (QED) is 0.320. The lowest BCUT2D eigenvalue weighted by Crippen LogP contribution is -2.52. The van der Waals surface area contributed by atoms with Gasteiger partial charge in [0.1, 0.15) is 6.04 Å². The smallest absolute Gasteiger partial charge is 0.243 e. The van der Waals surface area contributed by atoms with Crippen LogP contribution in [-0.2, 0) is 29.0 Å². The Balaban J connectivity index is 2.02. The van der Waals surface area contributed by atoms with Gasteiger partial charge in [-0.1, -0.05) is 95.8 Å². The van der Waals surface area contributed by atoms with E-state index in [1.165, 1.54) is 0 Å². The van der Waals surface area contributed by atoms with Crippen LogP contribution >= 0.6 is 23.2 Å². The Morgan fingerprint density at radius 3 is 2.19 bits per heavy atom. The van der Waals surface area contributed by atoms with Crippen LogP contribution in [-0.4, -0.2) is 28.8 Å². The Labute approximate surface area is 224 Å². The molecular formula is C30H34Cl2N2O2. The molecule has 3 aromatic rings. The normalized spacial score (nSPS) is 12.6. The Hall–Kier alpha value is -2.82. The van der Waals surface area contributed by atoms with Gasteiger partial charge in [-0.3, -0.25) is 9.59 Å². The molecule has 0 saturated carbocycles. The van der Waals surface area contributed by atoms with Crippen molar-refractivity contribution in [2.45, 2.75) is 65.6 Å². The Kier molecular flexibility index (Phi) is 9.98. The van der Waals surface area contributed by atoms with Gasteiger partial charge in [0.15, 0.2) is 0 Å². The second-order valence-corrected chi connectivity index (χ2v) is 10.3. The molecule has 0 fully saturated rings. The molecule has 1 N–H and O–H groups in total. The zero-order chi connectivity index (χ0) is 26.2. The van der Waals surface area contributed by atoms with E-state index in [-0.39, 0.29) is 30.8 Å². The number of carbonyl (C=O) groups is 2. The van der Waals surface area contributed by atoms with E-state index in [2.05, 4.69) is 11.4 Å². The Morgan fingerprint density at radius 1 is 0.917 bits per heavy atom. The molecule has 0 heterocycles. The van der Waals surface area contributed by atoms with Crippen LogP contribution in [0.1, 0.15) is 48.1 Å². The monoisotopic (exact) mass is 524 g/mol. The Bertz CT molecular complexity index is 1180. The lowest BCUT2D eigenvalue weighted by molar-refractivity contribution is -0.141. The highest BCUT2D eigenvalue weighted by atomic mass is 35.5. The van der Waals surface area contributed by atoms with Crippen LogP contribution in [0, 0.1) is 13.8 Å². The topological polar surface area (TPSA) is 49.4 Å². The summed E-state index contributed by atoms with van der Waals surface area (Å²) in [6, 6.07) is 20.4. The van der Waals surface area contributed by atoms with Crippen molar-refractivity contribution < 1.29 is 9.59 Å². The van der Waals surface area contributed by atoms with Crippen LogP contribution in [0.4, 0.5) is 0 Å². The maximum Gasteiger partial charge on any atom is 0.243 e. The third-order valence-electron chi connectivity index (χ3n) is 6.26. The van der Waals surface area contributed by atoms with E-state index < -0.39 is 6.04 Å². The summed E-state index contributed by atoms with van der Waals surface area (Å²) in [7, 11) is 0. The van der Waals surface area contributed by atoms with Gasteiger partial charge in [-0.2, -0.15) is 0 Å². The molecule has 2 amide bonds. The summed E-state index contributed by atoms with van der Waals surface area (Å²) in [5.41, 5.74) is 4.84. The molecule has 0 unspecified atom stereocenters. The van der Waals surface area contributed by atoms with Crippen molar-refractivity contribution in [1.82, 2.24) is 10.2 Å². The van der Waals surface area contributed by atoms with E-state index in [1.54, 1.807) is 17.0 Å². The third kappa shape index (κ3) is 7.84. The molecule has 4 nitrogen and oxygen atoms in total. The average molecular weight is 526 g/mol. The number of hydrogen-bond acceptors (Lipinski definition) is 2. The summed E-state index contributed by atoms with van der Waals surface area (Å²) in [4.78, 5) is 29.1. The van der Waals surface area contributed by atoms with Crippen molar-refractivity contribution in [3.8, 4) is 0 Å². The van der Waals surface area contributed by atoms with Crippen molar-refractivity contribution in [3.63, 3.8) is 0 Å². The largest absolute Gasteiger partial charge is 0.352 e. The van der Waals surface area contributed by atoms with Crippen molar-refractivity contribution >= 4 is 35.0 Å². The fourth-order valence-electron chi connectivity index (χ4n) is 4.28. The van der Waals surface area contributed by atoms with Gasteiger partial charge in [-0.25, -0.2) is 0 Å². The number of nitrogens with zero attached hydrogens (tertiary/aromatic N) is 1. The standard InChI is InChI=1S/C30H34Cl2N2O2/c1-5-22(4)33-30(36)28(16-23-9-7-6-8-10-23)34(19-25-11-12-26(31)18-27(25)32)29(35)17-24-14-20(2)13-21(3)15-24/h6-15,18,22,28H,5,16-17,19H2,1-4H3,(H,33,36)/t22-,28+/m1/s1. The van der Waals surface area contributed by atoms with Gasteiger partial charge in [-0.05, 0) is 56.0 Å². The number of amides is 2. The minimum atomic E-state index is -0.702. The lowest BCUT2D eigenvalue weighted by Gasteiger charge is -2.32. The first-order chi connectivity index (χ1) is 17.2. The van der Waals surface area contributed by atoms with Crippen LogP contribution < -0.4 is 5.32 Å². The van der Waals surface area contributed by atoms with E-state index in [0.717, 1.165) is 34.2 Å². The fraction of sp³-hybridized carbons (Fsp3) is 0.333. The van der Waals surface area contributed by atoms with Gasteiger partial charge in [0.25, 0.3) is 0 Å². The first-order valence-corrected chi connectivity index (χ1v) is 13.1. The highest BCUT2D eigenvalue weighted by molar-refractivity contribution is 6.35. The molecule has 0 aliphatic heterocycles. The summed E-state index contributed by atoms with van der Waals surface area (Å²) in [5.74, 6) is -0.307. The minimum absolute atomic E-state index is 0.00809. The molecule has 0 aromatic heterocycles. The molecule has 0 radical (unpaired) electrons. The highest BCUT2D eigenvalue weighted by Gasteiger charge is 2.31. The van der Waals surface area contributed by atoms with Crippen molar-refractivity contribution in [2.75, 3.05) is 0 Å². The number of halogens is 2. The first kappa shape index (κ1) is 27.8. The minimum Gasteiger partial charge on any atom is -0.352 e. The fourth-order valence-corrected chi connectivity index (χ4v) is 4.74. The summed E-state index contributed by atoms with van der Waals surface area (Å²) in [5, 5.41) is 4.08. The second-order valence-electron chi connectivity index (χ2n) is 9.45. The SMILES string of the molecule is CC[C@@H](C)NC(=O)[C@H](Cc1ccccc1)N(Cc1ccc(Cl)cc1Cl)C(=O)Cc1cc(C)cc(C)c1. The van der Waals surface area contributed by atoms with Crippen molar-refractivity contribution in [1.29, 1.82) is 0 Å². The van der Waals surface area contributed by atoms with E-state index in [4.69, 9.17) is 23.2 Å². The maximum absolute atomic E-state index is 13.9. The molecule has 190 valence electrons. The van der Waals surface area contributed by atoms with Crippen LogP contribution in [0.25, 0.3) is 0 Å². The third-order valence-corrected chi connectivity index (χ3v) is 6.85. The lowest BCUT2D eigenvalue weighted by atomic mass is 10.00. The van der Waals surface area contributed by atoms with Gasteiger partial charge >= 0.3 is 0 Å². The van der Waals surface area contributed by atoms with Crippen LogP contribution in [0.3, 0.4) is 0 Å². The summed E-state index contributed by atoms with van der Waals surface area (Å²) < 4.78 is 0. The van der Waals surface area contributed by atoms with Gasteiger partial charge < -0.3 is 10.2 Å². The molecule has 0 bridgehead atoms. The van der Waals surface area contributed by atoms with Crippen LogP contribution in [0.2, 0.25) is 10.0 Å². The predicted molar refractivity (Wildman–Crippen MR) is 148 cm³/mol. The number of benzene rings is 3. The van der Waals surface area contributed by atoms with E-state index >= 15 is 0 Å². The number of nitrogens with one attached hydrogen (secondary N) is 1. The molecule has 3 rings (SSSR count). The molecule has 36 heavy (non-hydrogen) atoms. The number of rotatable bonds is 10.